The molecule has 1 fully saturated rings. The van der Waals surface area contributed by atoms with Crippen LogP contribution in [0.1, 0.15) is 47.6 Å². The van der Waals surface area contributed by atoms with E-state index in [1.807, 2.05) is 18.2 Å². The molecule has 1 aliphatic heterocycles. The summed E-state index contributed by atoms with van der Waals surface area (Å²) in [6.07, 6.45) is 0.832. The van der Waals surface area contributed by atoms with Crippen molar-refractivity contribution in [3.63, 3.8) is 0 Å². The molecule has 0 radical (unpaired) electrons. The highest BCUT2D eigenvalue weighted by molar-refractivity contribution is 5.83. The van der Waals surface area contributed by atoms with Crippen LogP contribution in [-0.4, -0.2) is 41.9 Å². The maximum Gasteiger partial charge on any atom is 0.230 e. The van der Waals surface area contributed by atoms with Crippen LogP contribution in [0, 0.1) is 6.92 Å². The average Bonchev–Trinajstić information content (AvgIpc) is 2.83. The molecule has 4 rings (SSSR count). The standard InChI is InChI=1S/C28H32N2O/c1-3-26(23-10-6-4-7-11-23)28(31)30-20-18-29(19-21-30)27(24-12-8-5-9-13-24)25-16-14-22(2)15-17-25/h4-17,26-27H,3,18-21H2,1-2H3/t26-,27-/m1/s1. The molecule has 0 aliphatic carbocycles. The second kappa shape index (κ2) is 9.93. The van der Waals surface area contributed by atoms with Gasteiger partial charge >= 0.3 is 0 Å². The van der Waals surface area contributed by atoms with Gasteiger partial charge in [-0.05, 0) is 30.0 Å². The summed E-state index contributed by atoms with van der Waals surface area (Å²) in [5.74, 6) is 0.217. The second-order valence-corrected chi connectivity index (χ2v) is 8.46. The molecule has 3 heteroatoms. The minimum Gasteiger partial charge on any atom is -0.340 e. The third-order valence-corrected chi connectivity index (χ3v) is 6.41. The fourth-order valence-corrected chi connectivity index (χ4v) is 4.66. The zero-order chi connectivity index (χ0) is 21.6. The Hall–Kier alpha value is -2.91. The highest BCUT2D eigenvalue weighted by Crippen LogP contribution is 2.30. The Kier molecular flexibility index (Phi) is 6.83. The van der Waals surface area contributed by atoms with Crippen LogP contribution < -0.4 is 0 Å². The zero-order valence-corrected chi connectivity index (χ0v) is 18.6. The maximum absolute atomic E-state index is 13.3. The van der Waals surface area contributed by atoms with Gasteiger partial charge in [0.25, 0.3) is 0 Å². The van der Waals surface area contributed by atoms with Gasteiger partial charge in [0.2, 0.25) is 5.91 Å². The number of amides is 1. The predicted molar refractivity (Wildman–Crippen MR) is 127 cm³/mol. The van der Waals surface area contributed by atoms with E-state index >= 15 is 0 Å². The molecule has 0 aromatic heterocycles. The first-order valence-corrected chi connectivity index (χ1v) is 11.4. The highest BCUT2D eigenvalue weighted by Gasteiger charge is 2.31. The summed E-state index contributed by atoms with van der Waals surface area (Å²) in [6, 6.07) is 30.0. The minimum absolute atomic E-state index is 0.0465. The summed E-state index contributed by atoms with van der Waals surface area (Å²) >= 11 is 0. The van der Waals surface area contributed by atoms with Crippen molar-refractivity contribution >= 4 is 5.91 Å². The molecule has 3 aromatic rings. The van der Waals surface area contributed by atoms with Crippen LogP contribution >= 0.6 is 0 Å². The Balaban J connectivity index is 1.50. The van der Waals surface area contributed by atoms with Gasteiger partial charge in [0.05, 0.1) is 12.0 Å². The van der Waals surface area contributed by atoms with E-state index in [0.29, 0.717) is 0 Å². The molecular formula is C28H32N2O. The third-order valence-electron chi connectivity index (χ3n) is 6.41. The number of carbonyl (C=O) groups excluding carboxylic acids is 1. The number of hydrogen-bond donors (Lipinski definition) is 0. The van der Waals surface area contributed by atoms with Gasteiger partial charge in [0.15, 0.2) is 0 Å². The van der Waals surface area contributed by atoms with Crippen LogP contribution in [0.5, 0.6) is 0 Å². The van der Waals surface area contributed by atoms with Crippen LogP contribution in [-0.2, 0) is 4.79 Å². The number of piperazine rings is 1. The largest absolute Gasteiger partial charge is 0.340 e. The van der Waals surface area contributed by atoms with Crippen LogP contribution in [0.15, 0.2) is 84.9 Å². The first-order valence-electron chi connectivity index (χ1n) is 11.4. The molecular weight excluding hydrogens is 380 g/mol. The molecule has 160 valence electrons. The minimum atomic E-state index is -0.0465. The summed E-state index contributed by atoms with van der Waals surface area (Å²) in [7, 11) is 0. The highest BCUT2D eigenvalue weighted by atomic mass is 16.2. The van der Waals surface area contributed by atoms with Crippen LogP contribution in [0.4, 0.5) is 0 Å². The van der Waals surface area contributed by atoms with Crippen molar-refractivity contribution in [3.8, 4) is 0 Å². The molecule has 0 unspecified atom stereocenters. The van der Waals surface area contributed by atoms with Gasteiger partial charge in [-0.25, -0.2) is 0 Å². The Morgan fingerprint density at radius 2 is 1.26 bits per heavy atom. The molecule has 1 amide bonds. The molecule has 0 spiro atoms. The summed E-state index contributed by atoms with van der Waals surface area (Å²) in [6.45, 7) is 7.54. The first-order chi connectivity index (χ1) is 15.2. The SMILES string of the molecule is CC[C@@H](C(=O)N1CCN([C@H](c2ccccc2)c2ccc(C)cc2)CC1)c1ccccc1. The van der Waals surface area contributed by atoms with Gasteiger partial charge < -0.3 is 4.90 Å². The molecule has 0 N–H and O–H groups in total. The smallest absolute Gasteiger partial charge is 0.230 e. The van der Waals surface area contributed by atoms with Gasteiger partial charge in [0.1, 0.15) is 0 Å². The Morgan fingerprint density at radius 3 is 1.81 bits per heavy atom. The zero-order valence-electron chi connectivity index (χ0n) is 18.6. The van der Waals surface area contributed by atoms with Crippen molar-refractivity contribution in [3.05, 3.63) is 107 Å². The lowest BCUT2D eigenvalue weighted by Crippen LogP contribution is -2.51. The van der Waals surface area contributed by atoms with Gasteiger partial charge in [-0.1, -0.05) is 97.4 Å². The lowest BCUT2D eigenvalue weighted by atomic mass is 9.94. The molecule has 1 heterocycles. The van der Waals surface area contributed by atoms with E-state index in [4.69, 9.17) is 0 Å². The van der Waals surface area contributed by atoms with Crippen LogP contribution in [0.25, 0.3) is 0 Å². The number of rotatable bonds is 6. The number of hydrogen-bond acceptors (Lipinski definition) is 2. The average molecular weight is 413 g/mol. The molecule has 1 saturated heterocycles. The topological polar surface area (TPSA) is 23.6 Å². The number of carbonyl (C=O) groups is 1. The van der Waals surface area contributed by atoms with E-state index in [2.05, 4.69) is 90.4 Å². The normalized spacial score (nSPS) is 16.6. The van der Waals surface area contributed by atoms with Crippen molar-refractivity contribution < 1.29 is 4.79 Å². The number of benzene rings is 3. The van der Waals surface area contributed by atoms with Crippen molar-refractivity contribution in [1.29, 1.82) is 0 Å². The van der Waals surface area contributed by atoms with Crippen molar-refractivity contribution in [1.82, 2.24) is 9.80 Å². The summed E-state index contributed by atoms with van der Waals surface area (Å²) in [5, 5.41) is 0. The van der Waals surface area contributed by atoms with E-state index in [1.165, 1.54) is 16.7 Å². The quantitative estimate of drug-likeness (QED) is 0.539. The van der Waals surface area contributed by atoms with E-state index in [0.717, 1.165) is 38.2 Å². The van der Waals surface area contributed by atoms with Crippen LogP contribution in [0.3, 0.4) is 0 Å². The lowest BCUT2D eigenvalue weighted by Gasteiger charge is -2.40. The molecule has 0 saturated carbocycles. The fraction of sp³-hybridized carbons (Fsp3) is 0.321. The number of nitrogens with zero attached hydrogens (tertiary/aromatic N) is 2. The second-order valence-electron chi connectivity index (χ2n) is 8.46. The predicted octanol–water partition coefficient (Wildman–Crippen LogP) is 5.42. The Morgan fingerprint density at radius 1 is 0.742 bits per heavy atom. The van der Waals surface area contributed by atoms with E-state index < -0.39 is 0 Å². The van der Waals surface area contributed by atoms with Crippen molar-refractivity contribution in [2.75, 3.05) is 26.2 Å². The van der Waals surface area contributed by atoms with Crippen molar-refractivity contribution in [2.24, 2.45) is 0 Å². The van der Waals surface area contributed by atoms with Crippen LogP contribution in [0.2, 0.25) is 0 Å². The lowest BCUT2D eigenvalue weighted by molar-refractivity contribution is -0.134. The first kappa shape index (κ1) is 21.3. The summed E-state index contributed by atoms with van der Waals surface area (Å²) in [4.78, 5) is 17.9. The van der Waals surface area contributed by atoms with E-state index in [1.54, 1.807) is 0 Å². The van der Waals surface area contributed by atoms with Crippen molar-refractivity contribution in [2.45, 2.75) is 32.2 Å². The molecule has 2 atom stereocenters. The summed E-state index contributed by atoms with van der Waals surface area (Å²) in [5.41, 5.74) is 5.02. The van der Waals surface area contributed by atoms with E-state index in [9.17, 15) is 4.79 Å². The number of aryl methyl sites for hydroxylation is 1. The van der Waals surface area contributed by atoms with Gasteiger partial charge in [-0.2, -0.15) is 0 Å². The summed E-state index contributed by atoms with van der Waals surface area (Å²) < 4.78 is 0. The molecule has 1 aliphatic rings. The molecule has 31 heavy (non-hydrogen) atoms. The monoisotopic (exact) mass is 412 g/mol. The molecule has 3 aromatic carbocycles. The fourth-order valence-electron chi connectivity index (χ4n) is 4.66. The Bertz CT molecular complexity index is 961. The van der Waals surface area contributed by atoms with Gasteiger partial charge in [0, 0.05) is 26.2 Å². The van der Waals surface area contributed by atoms with E-state index in [-0.39, 0.29) is 17.9 Å². The third kappa shape index (κ3) is 4.88. The van der Waals surface area contributed by atoms with Gasteiger partial charge in [-0.15, -0.1) is 0 Å². The Labute approximate surface area is 186 Å². The molecule has 0 bridgehead atoms. The van der Waals surface area contributed by atoms with Gasteiger partial charge in [-0.3, -0.25) is 9.69 Å². The maximum atomic E-state index is 13.3. The molecule has 3 nitrogen and oxygen atoms in total.